The van der Waals surface area contributed by atoms with Crippen molar-refractivity contribution in [3.8, 4) is 0 Å². The van der Waals surface area contributed by atoms with Gasteiger partial charge in [-0.25, -0.2) is 0 Å². The lowest BCUT2D eigenvalue weighted by Crippen LogP contribution is -2.45. The van der Waals surface area contributed by atoms with Crippen LogP contribution in [0.4, 0.5) is 13.2 Å². The molecule has 0 aliphatic carbocycles. The minimum absolute atomic E-state index is 0. The van der Waals surface area contributed by atoms with E-state index in [1.807, 2.05) is 16.8 Å². The lowest BCUT2D eigenvalue weighted by molar-refractivity contribution is -0.138. The molecule has 0 saturated carbocycles. The second-order valence-corrected chi connectivity index (χ2v) is 6.63. The number of alkyl halides is 3. The van der Waals surface area contributed by atoms with Gasteiger partial charge in [-0.05, 0) is 34.5 Å². The molecule has 1 aliphatic rings. The summed E-state index contributed by atoms with van der Waals surface area (Å²) >= 11 is 7.71. The topological polar surface area (TPSA) is 15.3 Å². The van der Waals surface area contributed by atoms with Crippen molar-refractivity contribution in [2.45, 2.75) is 12.2 Å². The van der Waals surface area contributed by atoms with Gasteiger partial charge in [0.1, 0.15) is 0 Å². The second-order valence-electron chi connectivity index (χ2n) is 5.44. The second kappa shape index (κ2) is 8.06. The minimum Gasteiger partial charge on any atom is -0.314 e. The number of benzene rings is 1. The van der Waals surface area contributed by atoms with Crippen LogP contribution in [0.1, 0.15) is 22.7 Å². The molecular formula is C16H17Cl2F3N2S. The molecule has 2 heterocycles. The first-order valence-corrected chi connectivity index (χ1v) is 8.63. The van der Waals surface area contributed by atoms with E-state index in [1.165, 1.54) is 23.5 Å². The fourth-order valence-electron chi connectivity index (χ4n) is 2.99. The lowest BCUT2D eigenvalue weighted by Gasteiger charge is -2.36. The summed E-state index contributed by atoms with van der Waals surface area (Å²) in [7, 11) is 0. The molecule has 1 saturated heterocycles. The minimum atomic E-state index is -4.43. The van der Waals surface area contributed by atoms with E-state index in [0.29, 0.717) is 13.1 Å². The van der Waals surface area contributed by atoms with Crippen molar-refractivity contribution < 1.29 is 13.2 Å². The van der Waals surface area contributed by atoms with Crippen molar-refractivity contribution in [2.75, 3.05) is 26.2 Å². The van der Waals surface area contributed by atoms with E-state index in [9.17, 15) is 13.2 Å². The molecule has 0 amide bonds. The van der Waals surface area contributed by atoms with Crippen LogP contribution < -0.4 is 5.32 Å². The molecule has 24 heavy (non-hydrogen) atoms. The number of nitrogens with one attached hydrogen (secondary N) is 1. The van der Waals surface area contributed by atoms with Gasteiger partial charge in [0, 0.05) is 36.8 Å². The quantitative estimate of drug-likeness (QED) is 0.798. The lowest BCUT2D eigenvalue weighted by atomic mass is 9.93. The maximum absolute atomic E-state index is 13.5. The zero-order valence-corrected chi connectivity index (χ0v) is 15.0. The molecule has 1 fully saturated rings. The van der Waals surface area contributed by atoms with E-state index in [2.05, 4.69) is 10.2 Å². The van der Waals surface area contributed by atoms with E-state index in [1.54, 1.807) is 0 Å². The molecule has 3 rings (SSSR count). The van der Waals surface area contributed by atoms with Crippen LogP contribution in [0, 0.1) is 0 Å². The monoisotopic (exact) mass is 396 g/mol. The smallest absolute Gasteiger partial charge is 0.314 e. The van der Waals surface area contributed by atoms with Crippen molar-refractivity contribution in [2.24, 2.45) is 0 Å². The summed E-state index contributed by atoms with van der Waals surface area (Å²) < 4.78 is 40.5. The van der Waals surface area contributed by atoms with Crippen LogP contribution in [0.5, 0.6) is 0 Å². The average molecular weight is 397 g/mol. The molecule has 1 aromatic carbocycles. The summed E-state index contributed by atoms with van der Waals surface area (Å²) in [6.07, 6.45) is -4.43. The Labute approximate surface area is 154 Å². The third-order valence-electron chi connectivity index (χ3n) is 4.01. The van der Waals surface area contributed by atoms with Gasteiger partial charge in [-0.2, -0.15) is 24.5 Å². The Hall–Kier alpha value is -0.790. The summed E-state index contributed by atoms with van der Waals surface area (Å²) in [4.78, 5) is 2.06. The highest BCUT2D eigenvalue weighted by atomic mass is 35.5. The van der Waals surface area contributed by atoms with Crippen LogP contribution in [0.3, 0.4) is 0 Å². The van der Waals surface area contributed by atoms with Gasteiger partial charge in [0.05, 0.1) is 11.6 Å². The van der Waals surface area contributed by atoms with Crippen molar-refractivity contribution in [3.05, 3.63) is 56.7 Å². The van der Waals surface area contributed by atoms with Crippen LogP contribution in [0.2, 0.25) is 5.02 Å². The van der Waals surface area contributed by atoms with E-state index in [4.69, 9.17) is 11.6 Å². The van der Waals surface area contributed by atoms with Crippen LogP contribution in [-0.4, -0.2) is 31.1 Å². The molecule has 0 bridgehead atoms. The van der Waals surface area contributed by atoms with Gasteiger partial charge in [-0.15, -0.1) is 12.4 Å². The maximum Gasteiger partial charge on any atom is 0.416 e. The van der Waals surface area contributed by atoms with Crippen LogP contribution in [-0.2, 0) is 6.18 Å². The molecule has 132 valence electrons. The molecule has 0 spiro atoms. The van der Waals surface area contributed by atoms with Crippen LogP contribution >= 0.6 is 35.3 Å². The van der Waals surface area contributed by atoms with Crippen molar-refractivity contribution in [3.63, 3.8) is 0 Å². The highest BCUT2D eigenvalue weighted by molar-refractivity contribution is 7.08. The molecule has 0 unspecified atom stereocenters. The number of hydrogen-bond donors (Lipinski definition) is 1. The standard InChI is InChI=1S/C16H16ClF3N2S.ClH/c17-13-3-1-2-12(16(18,19)20)14(13)15(11-4-9-23-10-11)22-7-5-21-6-8-22;/h1-4,9-10,15,21H,5-8H2;1H/t15-;/m0./s1. The Morgan fingerprint density at radius 2 is 1.88 bits per heavy atom. The molecule has 0 radical (unpaired) electrons. The van der Waals surface area contributed by atoms with Gasteiger partial charge in [0.25, 0.3) is 0 Å². The average Bonchev–Trinajstić information content (AvgIpc) is 3.03. The van der Waals surface area contributed by atoms with E-state index >= 15 is 0 Å². The van der Waals surface area contributed by atoms with E-state index in [-0.39, 0.29) is 23.0 Å². The first-order valence-electron chi connectivity index (χ1n) is 7.31. The predicted octanol–water partition coefficient (Wildman–Crippen LogP) is 4.84. The SMILES string of the molecule is Cl.FC(F)(F)c1cccc(Cl)c1[C@H](c1ccsc1)N1CCNCC1. The molecule has 2 nitrogen and oxygen atoms in total. The van der Waals surface area contributed by atoms with Gasteiger partial charge in [-0.1, -0.05) is 17.7 Å². The maximum atomic E-state index is 13.5. The van der Waals surface area contributed by atoms with Crippen molar-refractivity contribution >= 4 is 35.3 Å². The van der Waals surface area contributed by atoms with Gasteiger partial charge >= 0.3 is 6.18 Å². The number of halogens is 5. The summed E-state index contributed by atoms with van der Waals surface area (Å²) in [5, 5.41) is 7.18. The highest BCUT2D eigenvalue weighted by Crippen LogP contribution is 2.42. The number of hydrogen-bond acceptors (Lipinski definition) is 3. The van der Waals surface area contributed by atoms with Crippen molar-refractivity contribution in [1.29, 1.82) is 0 Å². The molecule has 1 aromatic heterocycles. The number of piperazine rings is 1. The van der Waals surface area contributed by atoms with E-state index < -0.39 is 17.8 Å². The van der Waals surface area contributed by atoms with Gasteiger partial charge in [0.15, 0.2) is 0 Å². The fraction of sp³-hybridized carbons (Fsp3) is 0.375. The number of nitrogens with zero attached hydrogens (tertiary/aromatic N) is 1. The van der Waals surface area contributed by atoms with Gasteiger partial charge in [-0.3, -0.25) is 4.90 Å². The summed E-state index contributed by atoms with van der Waals surface area (Å²) in [5.41, 5.74) is 0.359. The Kier molecular flexibility index (Phi) is 6.56. The Morgan fingerprint density at radius 1 is 1.17 bits per heavy atom. The van der Waals surface area contributed by atoms with Gasteiger partial charge in [0.2, 0.25) is 0 Å². The zero-order chi connectivity index (χ0) is 16.4. The summed E-state index contributed by atoms with van der Waals surface area (Å²) in [6, 6.07) is 5.41. The first kappa shape index (κ1) is 19.5. The Balaban J connectivity index is 0.00000208. The molecule has 1 N–H and O–H groups in total. The normalized spacial score (nSPS) is 17.3. The Bertz CT molecular complexity index is 656. The fourth-order valence-corrected chi connectivity index (χ4v) is 3.95. The van der Waals surface area contributed by atoms with Crippen molar-refractivity contribution in [1.82, 2.24) is 10.2 Å². The molecule has 1 atom stereocenters. The number of rotatable bonds is 3. The third-order valence-corrected chi connectivity index (χ3v) is 5.04. The first-order chi connectivity index (χ1) is 11.0. The highest BCUT2D eigenvalue weighted by Gasteiger charge is 2.38. The van der Waals surface area contributed by atoms with Crippen LogP contribution in [0.25, 0.3) is 0 Å². The largest absolute Gasteiger partial charge is 0.416 e. The number of thiophene rings is 1. The van der Waals surface area contributed by atoms with Gasteiger partial charge < -0.3 is 5.32 Å². The Morgan fingerprint density at radius 3 is 2.46 bits per heavy atom. The molecule has 8 heteroatoms. The zero-order valence-electron chi connectivity index (χ0n) is 12.6. The molecule has 1 aliphatic heterocycles. The third kappa shape index (κ3) is 4.06. The predicted molar refractivity (Wildman–Crippen MR) is 94.3 cm³/mol. The summed E-state index contributed by atoms with van der Waals surface area (Å²) in [6.45, 7) is 2.88. The molecular weight excluding hydrogens is 380 g/mol. The molecule has 2 aromatic rings. The van der Waals surface area contributed by atoms with Crippen LogP contribution in [0.15, 0.2) is 35.0 Å². The van der Waals surface area contributed by atoms with E-state index in [0.717, 1.165) is 24.7 Å². The summed E-state index contributed by atoms with van der Waals surface area (Å²) in [5.74, 6) is 0.